The number of hydrogen-bond acceptors (Lipinski definition) is 4. The molecule has 1 saturated heterocycles. The number of alkyl halides is 3. The first kappa shape index (κ1) is 20.1. The highest BCUT2D eigenvalue weighted by molar-refractivity contribution is 7.92. The van der Waals surface area contributed by atoms with Crippen LogP contribution in [-0.2, 0) is 25.5 Å². The average Bonchev–Trinajstić information content (AvgIpc) is 2.69. The topological polar surface area (TPSA) is 52.6 Å². The van der Waals surface area contributed by atoms with Gasteiger partial charge in [0.2, 0.25) is 0 Å². The van der Waals surface area contributed by atoms with Crippen LogP contribution >= 0.6 is 0 Å². The van der Waals surface area contributed by atoms with Gasteiger partial charge in [-0.15, -0.1) is 0 Å². The van der Waals surface area contributed by atoms with E-state index in [1.165, 1.54) is 0 Å². The summed E-state index contributed by atoms with van der Waals surface area (Å²) in [4.78, 5) is -0.408. The number of sulfone groups is 1. The summed E-state index contributed by atoms with van der Waals surface area (Å²) in [6.07, 6.45) is -4.82. The molecule has 0 radical (unpaired) electrons. The van der Waals surface area contributed by atoms with Crippen LogP contribution in [0.1, 0.15) is 17.5 Å². The summed E-state index contributed by atoms with van der Waals surface area (Å²) >= 11 is 0. The van der Waals surface area contributed by atoms with E-state index >= 15 is 0 Å². The van der Waals surface area contributed by atoms with E-state index in [4.69, 9.17) is 9.47 Å². The maximum Gasteiger partial charge on any atom is 0.416 e. The van der Waals surface area contributed by atoms with Gasteiger partial charge in [-0.25, -0.2) is 17.2 Å². The Morgan fingerprint density at radius 1 is 0.966 bits per heavy atom. The van der Waals surface area contributed by atoms with E-state index < -0.39 is 60.1 Å². The van der Waals surface area contributed by atoms with Gasteiger partial charge in [-0.2, -0.15) is 13.2 Å². The van der Waals surface area contributed by atoms with E-state index in [0.717, 1.165) is 24.3 Å². The molecule has 4 rings (SSSR count). The number of rotatable bonds is 2. The van der Waals surface area contributed by atoms with E-state index in [1.807, 2.05) is 0 Å². The molecule has 2 heterocycles. The Kier molecular flexibility index (Phi) is 4.62. The molecule has 2 atom stereocenters. The van der Waals surface area contributed by atoms with Gasteiger partial charge in [-0.1, -0.05) is 0 Å². The fourth-order valence-electron chi connectivity index (χ4n) is 4.07. The molecule has 2 aliphatic heterocycles. The first-order chi connectivity index (χ1) is 13.6. The molecule has 10 heteroatoms. The maximum absolute atomic E-state index is 14.8. The van der Waals surface area contributed by atoms with Crippen molar-refractivity contribution in [3.8, 4) is 5.75 Å². The zero-order valence-corrected chi connectivity index (χ0v) is 15.6. The summed E-state index contributed by atoms with van der Waals surface area (Å²) in [6, 6.07) is 4.64. The number of benzene rings is 2. The molecule has 2 aliphatic rings. The van der Waals surface area contributed by atoms with Gasteiger partial charge in [0.1, 0.15) is 10.6 Å². The largest absolute Gasteiger partial charge is 0.490 e. The Morgan fingerprint density at radius 2 is 1.62 bits per heavy atom. The van der Waals surface area contributed by atoms with E-state index in [1.54, 1.807) is 0 Å². The summed E-state index contributed by atoms with van der Waals surface area (Å²) in [5.74, 6) is -3.21. The first-order valence-electron chi connectivity index (χ1n) is 8.70. The molecule has 2 aromatic rings. The van der Waals surface area contributed by atoms with Gasteiger partial charge in [0.25, 0.3) is 0 Å². The summed E-state index contributed by atoms with van der Waals surface area (Å²) < 4.78 is 104. The lowest BCUT2D eigenvalue weighted by atomic mass is 9.79. The Balaban J connectivity index is 1.94. The van der Waals surface area contributed by atoms with Gasteiger partial charge in [0.15, 0.2) is 21.4 Å². The third-order valence-corrected chi connectivity index (χ3v) is 8.07. The molecule has 156 valence electrons. The van der Waals surface area contributed by atoms with Crippen molar-refractivity contribution in [1.29, 1.82) is 0 Å². The molecule has 0 spiro atoms. The molecule has 2 aromatic carbocycles. The second-order valence-corrected chi connectivity index (χ2v) is 9.19. The smallest absolute Gasteiger partial charge is 0.416 e. The normalized spacial score (nSPS) is 24.4. The molecule has 0 unspecified atom stereocenters. The minimum absolute atomic E-state index is 0.0360. The summed E-state index contributed by atoms with van der Waals surface area (Å²) in [6.45, 7) is -0.339. The van der Waals surface area contributed by atoms with Crippen molar-refractivity contribution in [2.45, 2.75) is 22.2 Å². The molecule has 0 aliphatic carbocycles. The first-order valence-corrected chi connectivity index (χ1v) is 10.2. The molecule has 0 bridgehead atoms. The van der Waals surface area contributed by atoms with E-state index in [9.17, 15) is 30.4 Å². The minimum Gasteiger partial charge on any atom is -0.490 e. The predicted molar refractivity (Wildman–Crippen MR) is 91.1 cm³/mol. The lowest BCUT2D eigenvalue weighted by Gasteiger charge is -2.46. The molecule has 0 N–H and O–H groups in total. The summed E-state index contributed by atoms with van der Waals surface area (Å²) in [5, 5.41) is 0. The molecule has 0 amide bonds. The van der Waals surface area contributed by atoms with Gasteiger partial charge < -0.3 is 9.47 Å². The Morgan fingerprint density at radius 3 is 2.28 bits per heavy atom. The summed E-state index contributed by atoms with van der Waals surface area (Å²) in [7, 11) is -4.43. The van der Waals surface area contributed by atoms with Crippen molar-refractivity contribution in [1.82, 2.24) is 0 Å². The van der Waals surface area contributed by atoms with Crippen molar-refractivity contribution in [2.24, 2.45) is 5.92 Å². The van der Waals surface area contributed by atoms with Crippen molar-refractivity contribution >= 4 is 9.84 Å². The molecule has 0 aromatic heterocycles. The van der Waals surface area contributed by atoms with Crippen LogP contribution in [0.3, 0.4) is 0 Å². The zero-order chi connectivity index (χ0) is 21.0. The molecule has 4 nitrogen and oxygen atoms in total. The highest BCUT2D eigenvalue weighted by Crippen LogP contribution is 2.54. The third-order valence-electron chi connectivity index (χ3n) is 5.48. The number of ether oxygens (including phenoxy) is 2. The Bertz CT molecular complexity index is 1050. The van der Waals surface area contributed by atoms with Gasteiger partial charge in [-0.3, -0.25) is 0 Å². The van der Waals surface area contributed by atoms with Crippen LogP contribution in [0, 0.1) is 17.6 Å². The second kappa shape index (κ2) is 6.66. The van der Waals surface area contributed by atoms with Crippen molar-refractivity contribution in [3.63, 3.8) is 0 Å². The molecular formula is C19H15F5O4S. The number of halogens is 5. The second-order valence-electron chi connectivity index (χ2n) is 6.98. The monoisotopic (exact) mass is 434 g/mol. The van der Waals surface area contributed by atoms with Crippen LogP contribution < -0.4 is 4.74 Å². The lowest BCUT2D eigenvalue weighted by Crippen LogP contribution is -2.54. The fourth-order valence-corrected chi connectivity index (χ4v) is 6.37. The SMILES string of the molecule is O=S(=O)(c1ccc(C(F)(F)F)cc1)[C@]12CCOC[C@H]1COc1c(F)ccc(F)c12. The maximum atomic E-state index is 14.8. The number of fused-ring (bicyclic) bond motifs is 3. The number of hydrogen-bond donors (Lipinski definition) is 0. The lowest BCUT2D eigenvalue weighted by molar-refractivity contribution is -0.137. The fraction of sp³-hybridized carbons (Fsp3) is 0.368. The van der Waals surface area contributed by atoms with E-state index in [2.05, 4.69) is 0 Å². The van der Waals surface area contributed by atoms with Crippen molar-refractivity contribution in [2.75, 3.05) is 19.8 Å². The van der Waals surface area contributed by atoms with Crippen LogP contribution in [-0.4, -0.2) is 28.2 Å². The van der Waals surface area contributed by atoms with Crippen molar-refractivity contribution < 1.29 is 39.8 Å². The van der Waals surface area contributed by atoms with E-state index in [0.29, 0.717) is 12.1 Å². The third kappa shape index (κ3) is 2.92. The molecule has 1 fully saturated rings. The zero-order valence-electron chi connectivity index (χ0n) is 14.8. The van der Waals surface area contributed by atoms with Crippen LogP contribution in [0.4, 0.5) is 22.0 Å². The molecule has 0 saturated carbocycles. The highest BCUT2D eigenvalue weighted by atomic mass is 32.2. The van der Waals surface area contributed by atoms with Gasteiger partial charge >= 0.3 is 6.18 Å². The van der Waals surface area contributed by atoms with Crippen LogP contribution in [0.5, 0.6) is 5.75 Å². The van der Waals surface area contributed by atoms with Crippen LogP contribution in [0.25, 0.3) is 0 Å². The van der Waals surface area contributed by atoms with Gasteiger partial charge in [-0.05, 0) is 42.8 Å². The predicted octanol–water partition coefficient (Wildman–Crippen LogP) is 4.08. The molecular weight excluding hydrogens is 419 g/mol. The average molecular weight is 434 g/mol. The standard InChI is InChI=1S/C19H15F5O4S/c20-14-5-6-15(21)17-16(14)18(7-8-27-9-12(18)10-28-17)29(25,26)13-3-1-11(2-4-13)19(22,23)24/h1-6,12H,7-10H2/t12-,18+/m0/s1. The van der Waals surface area contributed by atoms with Gasteiger partial charge in [0, 0.05) is 12.5 Å². The Labute approximate surface area is 163 Å². The van der Waals surface area contributed by atoms with Crippen LogP contribution in [0.15, 0.2) is 41.3 Å². The Hall–Kier alpha value is -2.20. The minimum atomic E-state index is -4.64. The quantitative estimate of drug-likeness (QED) is 0.669. The molecule has 29 heavy (non-hydrogen) atoms. The highest BCUT2D eigenvalue weighted by Gasteiger charge is 2.59. The summed E-state index contributed by atoms with van der Waals surface area (Å²) in [5.41, 5.74) is -1.45. The van der Waals surface area contributed by atoms with Crippen LogP contribution in [0.2, 0.25) is 0 Å². The van der Waals surface area contributed by atoms with Crippen molar-refractivity contribution in [3.05, 3.63) is 59.2 Å². The van der Waals surface area contributed by atoms with E-state index in [-0.39, 0.29) is 26.2 Å². The van der Waals surface area contributed by atoms with Gasteiger partial charge in [0.05, 0.1) is 29.2 Å².